The molecule has 152 valence electrons. The number of alkyl halides is 3. The summed E-state index contributed by atoms with van der Waals surface area (Å²) in [6.45, 7) is 1.17. The van der Waals surface area contributed by atoms with Crippen LogP contribution < -0.4 is 9.47 Å². The quantitative estimate of drug-likeness (QED) is 0.480. The highest BCUT2D eigenvalue weighted by Crippen LogP contribution is 2.38. The number of hydrogen-bond acceptors (Lipinski definition) is 5. The van der Waals surface area contributed by atoms with Crippen molar-refractivity contribution in [1.82, 2.24) is 0 Å². The number of nitro benzene ring substituents is 1. The second-order valence-electron chi connectivity index (χ2n) is 5.23. The minimum atomic E-state index is -4.58. The van der Waals surface area contributed by atoms with Gasteiger partial charge in [0.25, 0.3) is 0 Å². The molecule has 12 heteroatoms. The van der Waals surface area contributed by atoms with E-state index in [9.17, 15) is 28.1 Å². The molecule has 2 aromatic carbocycles. The number of nitrogens with zero attached hydrogens (tertiary/aromatic N) is 1. The summed E-state index contributed by atoms with van der Waals surface area (Å²) in [6, 6.07) is 5.66. The molecule has 0 fully saturated rings. The van der Waals surface area contributed by atoms with Crippen LogP contribution in [0, 0.1) is 10.1 Å². The Labute approximate surface area is 167 Å². The van der Waals surface area contributed by atoms with Crippen LogP contribution in [0.1, 0.15) is 12.5 Å². The first-order valence-electron chi connectivity index (χ1n) is 7.21. The minimum Gasteiger partial charge on any atom is -0.479 e. The van der Waals surface area contributed by atoms with E-state index in [0.717, 1.165) is 24.3 Å². The van der Waals surface area contributed by atoms with Gasteiger partial charge in [-0.25, -0.2) is 4.79 Å². The highest BCUT2D eigenvalue weighted by atomic mass is 35.5. The van der Waals surface area contributed by atoms with Gasteiger partial charge in [-0.05, 0) is 31.2 Å². The highest BCUT2D eigenvalue weighted by molar-refractivity contribution is 6.32. The van der Waals surface area contributed by atoms with Crippen molar-refractivity contribution in [2.75, 3.05) is 0 Å². The van der Waals surface area contributed by atoms with Gasteiger partial charge in [0.15, 0.2) is 6.10 Å². The zero-order valence-corrected chi connectivity index (χ0v) is 15.5. The fourth-order valence-electron chi connectivity index (χ4n) is 1.93. The van der Waals surface area contributed by atoms with Gasteiger partial charge < -0.3 is 14.6 Å². The Morgan fingerprint density at radius 1 is 1.21 bits per heavy atom. The van der Waals surface area contributed by atoms with Gasteiger partial charge in [0.1, 0.15) is 11.5 Å². The number of aliphatic carboxylic acids is 1. The summed E-state index contributed by atoms with van der Waals surface area (Å²) in [5.41, 5.74) is -1.48. The first-order valence-corrected chi connectivity index (χ1v) is 7.59. The molecular formula is C16H12Cl2F3NO6. The average Bonchev–Trinajstić information content (AvgIpc) is 2.55. The molecule has 1 N–H and O–H groups in total. The molecule has 28 heavy (non-hydrogen) atoms. The molecule has 0 radical (unpaired) electrons. The Morgan fingerprint density at radius 2 is 1.86 bits per heavy atom. The maximum atomic E-state index is 12.7. The van der Waals surface area contributed by atoms with Crippen LogP contribution in [0.5, 0.6) is 17.2 Å². The van der Waals surface area contributed by atoms with Gasteiger partial charge in [-0.1, -0.05) is 11.6 Å². The van der Waals surface area contributed by atoms with E-state index in [2.05, 4.69) is 0 Å². The van der Waals surface area contributed by atoms with Crippen LogP contribution in [-0.2, 0) is 11.0 Å². The number of carboxylic acids is 1. The number of nitro groups is 1. The van der Waals surface area contributed by atoms with Gasteiger partial charge >= 0.3 is 17.8 Å². The van der Waals surface area contributed by atoms with Crippen LogP contribution in [0.2, 0.25) is 5.02 Å². The molecule has 7 nitrogen and oxygen atoms in total. The Kier molecular flexibility index (Phi) is 7.48. The monoisotopic (exact) mass is 441 g/mol. The largest absolute Gasteiger partial charge is 0.479 e. The molecule has 0 aromatic heterocycles. The number of halogens is 5. The first-order chi connectivity index (χ1) is 12.5. The number of carbonyl (C=O) groups is 1. The summed E-state index contributed by atoms with van der Waals surface area (Å²) < 4.78 is 48.4. The Balaban J connectivity index is 0.00000392. The summed E-state index contributed by atoms with van der Waals surface area (Å²) in [5.74, 6) is -1.90. The van der Waals surface area contributed by atoms with E-state index in [4.69, 9.17) is 26.2 Å². The fraction of sp³-hybridized carbons (Fsp3) is 0.188. The minimum absolute atomic E-state index is 0. The lowest BCUT2D eigenvalue weighted by Crippen LogP contribution is -2.23. The molecule has 0 aliphatic heterocycles. The number of hydrogen-bond donors (Lipinski definition) is 1. The van der Waals surface area contributed by atoms with Crippen molar-refractivity contribution in [3.8, 4) is 17.2 Å². The molecule has 0 saturated heterocycles. The Morgan fingerprint density at radius 3 is 2.36 bits per heavy atom. The van der Waals surface area contributed by atoms with E-state index in [1.54, 1.807) is 0 Å². The third-order valence-electron chi connectivity index (χ3n) is 3.27. The van der Waals surface area contributed by atoms with E-state index in [-0.39, 0.29) is 34.7 Å². The van der Waals surface area contributed by atoms with Gasteiger partial charge in [0.05, 0.1) is 15.5 Å². The van der Waals surface area contributed by atoms with Crippen LogP contribution in [0.25, 0.3) is 0 Å². The zero-order valence-electron chi connectivity index (χ0n) is 13.9. The normalized spacial score (nSPS) is 11.9. The standard InChI is InChI=1S/C16H11ClF3NO6.ClH/c1-8(15(22)23)26-14-7-10(3-4-12(14)21(24)25)27-13-5-2-9(6-11(13)17)16(18,19)20;/h2-8H,1H3,(H,22,23);1H. The maximum Gasteiger partial charge on any atom is 0.416 e. The van der Waals surface area contributed by atoms with Crippen LogP contribution in [0.4, 0.5) is 18.9 Å². The second kappa shape index (κ2) is 8.98. The number of carboxylic acid groups (broad SMARTS) is 1. The van der Waals surface area contributed by atoms with Crippen molar-refractivity contribution in [2.24, 2.45) is 0 Å². The maximum absolute atomic E-state index is 12.7. The summed E-state index contributed by atoms with van der Waals surface area (Å²) in [6.07, 6.45) is -5.96. The van der Waals surface area contributed by atoms with Crippen molar-refractivity contribution in [2.45, 2.75) is 19.2 Å². The second-order valence-corrected chi connectivity index (χ2v) is 5.64. The van der Waals surface area contributed by atoms with Crippen molar-refractivity contribution >= 4 is 35.7 Å². The lowest BCUT2D eigenvalue weighted by molar-refractivity contribution is -0.386. The van der Waals surface area contributed by atoms with Gasteiger partial charge in [0, 0.05) is 12.1 Å². The van der Waals surface area contributed by atoms with Crippen molar-refractivity contribution in [1.29, 1.82) is 0 Å². The van der Waals surface area contributed by atoms with E-state index in [0.29, 0.717) is 6.07 Å². The van der Waals surface area contributed by atoms with Gasteiger partial charge in [-0.3, -0.25) is 10.1 Å². The molecule has 0 aliphatic rings. The number of ether oxygens (including phenoxy) is 2. The topological polar surface area (TPSA) is 98.9 Å². The lowest BCUT2D eigenvalue weighted by Gasteiger charge is -2.13. The third-order valence-corrected chi connectivity index (χ3v) is 3.56. The number of benzene rings is 2. The SMILES string of the molecule is CC(Oc1cc(Oc2ccc(C(F)(F)F)cc2Cl)ccc1[N+](=O)[O-])C(=O)O.Cl. The van der Waals surface area contributed by atoms with E-state index < -0.39 is 34.4 Å². The van der Waals surface area contributed by atoms with Crippen molar-refractivity contribution < 1.29 is 37.5 Å². The first kappa shape index (κ1) is 23.3. The molecule has 1 unspecified atom stereocenters. The Bertz CT molecular complexity index is 891. The highest BCUT2D eigenvalue weighted by Gasteiger charge is 2.31. The molecule has 1 atom stereocenters. The van der Waals surface area contributed by atoms with Crippen LogP contribution in [0.15, 0.2) is 36.4 Å². The summed E-state index contributed by atoms with van der Waals surface area (Å²) >= 11 is 5.79. The molecule has 0 amide bonds. The van der Waals surface area contributed by atoms with E-state index in [1.807, 2.05) is 0 Å². The van der Waals surface area contributed by atoms with Crippen LogP contribution in [-0.4, -0.2) is 22.1 Å². The number of rotatable bonds is 6. The summed E-state index contributed by atoms with van der Waals surface area (Å²) in [5, 5.41) is 19.6. The Hall–Kier alpha value is -2.72. The summed E-state index contributed by atoms with van der Waals surface area (Å²) in [7, 11) is 0. The van der Waals surface area contributed by atoms with Crippen molar-refractivity contribution in [3.63, 3.8) is 0 Å². The lowest BCUT2D eigenvalue weighted by atomic mass is 10.2. The molecule has 2 rings (SSSR count). The zero-order chi connectivity index (χ0) is 20.4. The predicted molar refractivity (Wildman–Crippen MR) is 94.6 cm³/mol. The van der Waals surface area contributed by atoms with E-state index in [1.165, 1.54) is 13.0 Å². The molecule has 0 spiro atoms. The molecular weight excluding hydrogens is 430 g/mol. The molecule has 0 bridgehead atoms. The average molecular weight is 442 g/mol. The van der Waals surface area contributed by atoms with Gasteiger partial charge in [0.2, 0.25) is 5.75 Å². The molecule has 0 aliphatic carbocycles. The molecule has 0 heterocycles. The van der Waals surface area contributed by atoms with Crippen molar-refractivity contribution in [3.05, 3.63) is 57.1 Å². The predicted octanol–water partition coefficient (Wildman–Crippen LogP) is 5.33. The molecule has 0 saturated carbocycles. The van der Waals surface area contributed by atoms with Gasteiger partial charge in [-0.15, -0.1) is 12.4 Å². The smallest absolute Gasteiger partial charge is 0.416 e. The van der Waals surface area contributed by atoms with Gasteiger partial charge in [-0.2, -0.15) is 13.2 Å². The van der Waals surface area contributed by atoms with Crippen LogP contribution in [0.3, 0.4) is 0 Å². The summed E-state index contributed by atoms with van der Waals surface area (Å²) in [4.78, 5) is 21.1. The van der Waals surface area contributed by atoms with Crippen LogP contribution >= 0.6 is 24.0 Å². The fourth-order valence-corrected chi connectivity index (χ4v) is 2.15. The third kappa shape index (κ3) is 5.64. The van der Waals surface area contributed by atoms with E-state index >= 15 is 0 Å². The molecule has 2 aromatic rings.